The fourth-order valence-corrected chi connectivity index (χ4v) is 4.04. The van der Waals surface area contributed by atoms with Crippen LogP contribution in [0.25, 0.3) is 0 Å². The Balaban J connectivity index is 1.50. The van der Waals surface area contributed by atoms with Crippen LogP contribution in [0.4, 0.5) is 4.39 Å². The van der Waals surface area contributed by atoms with Crippen molar-refractivity contribution < 1.29 is 19.1 Å². The van der Waals surface area contributed by atoms with Crippen molar-refractivity contribution in [1.29, 1.82) is 0 Å². The van der Waals surface area contributed by atoms with E-state index in [9.17, 15) is 19.1 Å². The van der Waals surface area contributed by atoms with Crippen LogP contribution >= 0.6 is 0 Å². The van der Waals surface area contributed by atoms with Gasteiger partial charge >= 0.3 is 0 Å². The van der Waals surface area contributed by atoms with Gasteiger partial charge in [-0.2, -0.15) is 0 Å². The molecule has 0 aliphatic carbocycles. The number of piperidine rings is 2. The third kappa shape index (κ3) is 4.75. The first kappa shape index (κ1) is 19.5. The average Bonchev–Trinajstić information content (AvgIpc) is 2.69. The van der Waals surface area contributed by atoms with E-state index in [0.717, 1.165) is 5.56 Å². The lowest BCUT2D eigenvalue weighted by molar-refractivity contribution is -0.143. The molecule has 3 rings (SSSR count). The van der Waals surface area contributed by atoms with Crippen LogP contribution in [-0.4, -0.2) is 58.5 Å². The lowest BCUT2D eigenvalue weighted by Crippen LogP contribution is -2.50. The van der Waals surface area contributed by atoms with Crippen LogP contribution in [-0.2, 0) is 16.0 Å². The second-order valence-electron chi connectivity index (χ2n) is 7.66. The number of hydrogen-bond donors (Lipinski definition) is 1. The number of likely N-dealkylation sites (tertiary alicyclic amines) is 2. The van der Waals surface area contributed by atoms with Crippen LogP contribution in [0.3, 0.4) is 0 Å². The van der Waals surface area contributed by atoms with Gasteiger partial charge in [0, 0.05) is 38.5 Å². The number of aliphatic hydroxyl groups is 1. The molecule has 2 aliphatic heterocycles. The van der Waals surface area contributed by atoms with Crippen molar-refractivity contribution in [3.63, 3.8) is 0 Å². The Kier molecular flexibility index (Phi) is 5.95. The molecule has 1 aromatic carbocycles. The Morgan fingerprint density at radius 2 is 1.70 bits per heavy atom. The van der Waals surface area contributed by atoms with Crippen LogP contribution in [0.2, 0.25) is 0 Å². The number of amides is 2. The zero-order chi connectivity index (χ0) is 19.4. The molecule has 0 spiro atoms. The fraction of sp³-hybridized carbons (Fsp3) is 0.524. The van der Waals surface area contributed by atoms with E-state index >= 15 is 0 Å². The minimum absolute atomic E-state index is 0.0536. The van der Waals surface area contributed by atoms with Gasteiger partial charge in [0.15, 0.2) is 0 Å². The molecule has 1 N–H and O–H groups in total. The van der Waals surface area contributed by atoms with Crippen molar-refractivity contribution in [3.8, 4) is 0 Å². The number of rotatable bonds is 4. The third-order valence-electron chi connectivity index (χ3n) is 5.78. The minimum Gasteiger partial charge on any atom is -0.389 e. The topological polar surface area (TPSA) is 60.9 Å². The molecule has 0 bridgehead atoms. The van der Waals surface area contributed by atoms with Gasteiger partial charge in [-0.25, -0.2) is 4.39 Å². The number of carbonyl (C=O) groups is 2. The Labute approximate surface area is 159 Å². The molecule has 0 aromatic heterocycles. The van der Waals surface area contributed by atoms with Gasteiger partial charge in [-0.3, -0.25) is 9.59 Å². The van der Waals surface area contributed by atoms with Crippen LogP contribution < -0.4 is 0 Å². The summed E-state index contributed by atoms with van der Waals surface area (Å²) in [6, 6.07) is 6.20. The summed E-state index contributed by atoms with van der Waals surface area (Å²) in [7, 11) is 0. The maximum absolute atomic E-state index is 13.0. The van der Waals surface area contributed by atoms with Crippen LogP contribution in [0.15, 0.2) is 36.9 Å². The third-order valence-corrected chi connectivity index (χ3v) is 5.78. The number of benzene rings is 1. The number of halogens is 1. The highest BCUT2D eigenvalue weighted by Gasteiger charge is 2.36. The highest BCUT2D eigenvalue weighted by Crippen LogP contribution is 2.29. The smallest absolute Gasteiger partial charge is 0.245 e. The van der Waals surface area contributed by atoms with Crippen LogP contribution in [0.5, 0.6) is 0 Å². The molecule has 2 fully saturated rings. The van der Waals surface area contributed by atoms with Gasteiger partial charge in [0.1, 0.15) is 5.82 Å². The molecule has 0 radical (unpaired) electrons. The lowest BCUT2D eigenvalue weighted by Gasteiger charge is -2.40. The standard InChI is InChI=1S/C21H27FN2O3/c1-2-19(25)23-11-7-17(8-12-23)20(26)24-13-9-21(27,10-14-24)15-16-3-5-18(22)6-4-16/h2-6,17,27H,1,7-15H2. The summed E-state index contributed by atoms with van der Waals surface area (Å²) in [6.07, 6.45) is 4.17. The van der Waals surface area contributed by atoms with E-state index in [2.05, 4.69) is 6.58 Å². The Bertz CT molecular complexity index is 688. The molecule has 0 saturated carbocycles. The molecule has 27 heavy (non-hydrogen) atoms. The molecule has 2 aliphatic rings. The van der Waals surface area contributed by atoms with E-state index < -0.39 is 5.60 Å². The van der Waals surface area contributed by atoms with Gasteiger partial charge in [0.2, 0.25) is 11.8 Å². The molecule has 1 aromatic rings. The van der Waals surface area contributed by atoms with E-state index in [1.54, 1.807) is 17.0 Å². The van der Waals surface area contributed by atoms with Crippen molar-refractivity contribution >= 4 is 11.8 Å². The number of carbonyl (C=O) groups excluding carboxylic acids is 2. The molecule has 2 amide bonds. The first-order valence-corrected chi connectivity index (χ1v) is 9.57. The van der Waals surface area contributed by atoms with Crippen molar-refractivity contribution in [2.24, 2.45) is 5.92 Å². The van der Waals surface area contributed by atoms with Crippen molar-refractivity contribution in [2.75, 3.05) is 26.2 Å². The van der Waals surface area contributed by atoms with Crippen LogP contribution in [0, 0.1) is 11.7 Å². The average molecular weight is 374 g/mol. The maximum atomic E-state index is 13.0. The van der Waals surface area contributed by atoms with Gasteiger partial charge in [0.05, 0.1) is 5.60 Å². The zero-order valence-corrected chi connectivity index (χ0v) is 15.6. The van der Waals surface area contributed by atoms with Crippen molar-refractivity contribution in [3.05, 3.63) is 48.3 Å². The van der Waals surface area contributed by atoms with Gasteiger partial charge in [0.25, 0.3) is 0 Å². The predicted octanol–water partition coefficient (Wildman–Crippen LogP) is 2.15. The summed E-state index contributed by atoms with van der Waals surface area (Å²) in [5.74, 6) is -0.289. The van der Waals surface area contributed by atoms with E-state index in [1.165, 1.54) is 18.2 Å². The first-order valence-electron chi connectivity index (χ1n) is 9.57. The van der Waals surface area contributed by atoms with E-state index in [-0.39, 0.29) is 23.5 Å². The lowest BCUT2D eigenvalue weighted by atomic mass is 9.84. The molecular formula is C21H27FN2O3. The SMILES string of the molecule is C=CC(=O)N1CCC(C(=O)N2CCC(O)(Cc3ccc(F)cc3)CC2)CC1. The minimum atomic E-state index is -0.853. The van der Waals surface area contributed by atoms with E-state index in [0.29, 0.717) is 58.3 Å². The second kappa shape index (κ2) is 8.21. The van der Waals surface area contributed by atoms with Crippen molar-refractivity contribution in [1.82, 2.24) is 9.80 Å². The molecule has 2 heterocycles. The highest BCUT2D eigenvalue weighted by molar-refractivity contribution is 5.87. The quantitative estimate of drug-likeness (QED) is 0.822. The predicted molar refractivity (Wildman–Crippen MR) is 100 cm³/mol. The molecule has 0 unspecified atom stereocenters. The largest absolute Gasteiger partial charge is 0.389 e. The van der Waals surface area contributed by atoms with Crippen molar-refractivity contribution in [2.45, 2.75) is 37.7 Å². The molecular weight excluding hydrogens is 347 g/mol. The molecule has 6 heteroatoms. The Hall–Kier alpha value is -2.21. The molecule has 0 atom stereocenters. The van der Waals surface area contributed by atoms with Gasteiger partial charge in [-0.05, 0) is 49.5 Å². The summed E-state index contributed by atoms with van der Waals surface area (Å²) in [5.41, 5.74) is 0.0480. The second-order valence-corrected chi connectivity index (χ2v) is 7.66. The zero-order valence-electron chi connectivity index (χ0n) is 15.6. The first-order chi connectivity index (χ1) is 12.9. The number of nitrogens with zero attached hydrogens (tertiary/aromatic N) is 2. The van der Waals surface area contributed by atoms with E-state index in [1.807, 2.05) is 4.90 Å². The van der Waals surface area contributed by atoms with Crippen LogP contribution in [0.1, 0.15) is 31.2 Å². The summed E-state index contributed by atoms with van der Waals surface area (Å²) < 4.78 is 13.0. The van der Waals surface area contributed by atoms with Gasteiger partial charge in [-0.1, -0.05) is 18.7 Å². The van der Waals surface area contributed by atoms with E-state index in [4.69, 9.17) is 0 Å². The maximum Gasteiger partial charge on any atom is 0.245 e. The summed E-state index contributed by atoms with van der Waals surface area (Å²) >= 11 is 0. The Morgan fingerprint density at radius 3 is 2.26 bits per heavy atom. The summed E-state index contributed by atoms with van der Waals surface area (Å²) in [5, 5.41) is 10.8. The summed E-state index contributed by atoms with van der Waals surface area (Å²) in [4.78, 5) is 28.0. The fourth-order valence-electron chi connectivity index (χ4n) is 4.04. The normalized spacial score (nSPS) is 20.4. The van der Waals surface area contributed by atoms with Gasteiger partial charge in [-0.15, -0.1) is 0 Å². The Morgan fingerprint density at radius 1 is 1.11 bits per heavy atom. The molecule has 5 nitrogen and oxygen atoms in total. The monoisotopic (exact) mass is 374 g/mol. The highest BCUT2D eigenvalue weighted by atomic mass is 19.1. The summed E-state index contributed by atoms with van der Waals surface area (Å²) in [6.45, 7) is 5.74. The number of hydrogen-bond acceptors (Lipinski definition) is 3. The molecule has 146 valence electrons. The molecule has 2 saturated heterocycles. The van der Waals surface area contributed by atoms with Gasteiger partial charge < -0.3 is 14.9 Å².